The van der Waals surface area contributed by atoms with Crippen molar-refractivity contribution in [1.29, 1.82) is 0 Å². The summed E-state index contributed by atoms with van der Waals surface area (Å²) in [5, 5.41) is 24.7. The van der Waals surface area contributed by atoms with Crippen molar-refractivity contribution in [2.24, 2.45) is 5.92 Å². The van der Waals surface area contributed by atoms with Crippen molar-refractivity contribution < 1.29 is 29.2 Å². The zero-order valence-electron chi connectivity index (χ0n) is 27.9. The molecule has 1 heterocycles. The Hall–Kier alpha value is -4.64. The second-order valence-electron chi connectivity index (χ2n) is 12.2. The van der Waals surface area contributed by atoms with E-state index >= 15 is 0 Å². The van der Waals surface area contributed by atoms with Gasteiger partial charge in [0.25, 0.3) is 0 Å². The number of carbonyl (C=O) groups is 1. The van der Waals surface area contributed by atoms with Crippen LogP contribution in [0.1, 0.15) is 41.6 Å². The molecule has 5 aromatic carbocycles. The lowest BCUT2D eigenvalue weighted by atomic mass is 9.91. The monoisotopic (exact) mass is 690 g/mol. The minimum absolute atomic E-state index is 0.00868. The SMILES string of the molecule is CC1C(CSCCO)OC(c2cccc(-c3cccc(CNC(=O)Nc4ccc(Oc5ccccc5)cc4)c3)c2)OC1c1ccc(CO)cc1. The second kappa shape index (κ2) is 17.3. The molecule has 1 saturated heterocycles. The van der Waals surface area contributed by atoms with Crippen LogP contribution in [0.25, 0.3) is 11.1 Å². The quantitative estimate of drug-likeness (QED) is 0.0918. The first kappa shape index (κ1) is 35.2. The fourth-order valence-corrected chi connectivity index (χ4v) is 6.80. The van der Waals surface area contributed by atoms with E-state index < -0.39 is 6.29 Å². The molecule has 4 unspecified atom stereocenters. The number of carbonyl (C=O) groups excluding carboxylic acids is 1. The van der Waals surface area contributed by atoms with E-state index in [1.54, 1.807) is 23.9 Å². The van der Waals surface area contributed by atoms with Gasteiger partial charge in [0.15, 0.2) is 6.29 Å². The molecule has 2 amide bonds. The molecule has 4 N–H and O–H groups in total. The Morgan fingerprint density at radius 1 is 0.760 bits per heavy atom. The Balaban J connectivity index is 1.10. The maximum absolute atomic E-state index is 12.7. The van der Waals surface area contributed by atoms with Crippen LogP contribution in [0.15, 0.2) is 127 Å². The van der Waals surface area contributed by atoms with Crippen LogP contribution in [0.2, 0.25) is 0 Å². The van der Waals surface area contributed by atoms with Crippen LogP contribution < -0.4 is 15.4 Å². The fraction of sp³-hybridized carbons (Fsp3) is 0.244. The minimum Gasteiger partial charge on any atom is -0.457 e. The van der Waals surface area contributed by atoms with E-state index in [9.17, 15) is 15.0 Å². The van der Waals surface area contributed by atoms with Gasteiger partial charge >= 0.3 is 6.03 Å². The third kappa shape index (κ3) is 9.32. The second-order valence-corrected chi connectivity index (χ2v) is 13.3. The molecule has 9 heteroatoms. The number of para-hydroxylation sites is 1. The summed E-state index contributed by atoms with van der Waals surface area (Å²) in [6.45, 7) is 2.60. The topological polar surface area (TPSA) is 109 Å². The fourth-order valence-electron chi connectivity index (χ4n) is 5.89. The first-order valence-electron chi connectivity index (χ1n) is 16.8. The van der Waals surface area contributed by atoms with Gasteiger partial charge in [-0.2, -0.15) is 11.8 Å². The number of hydrogen-bond donors (Lipinski definition) is 4. The van der Waals surface area contributed by atoms with Gasteiger partial charge in [0.2, 0.25) is 0 Å². The Morgan fingerprint density at radius 3 is 2.22 bits per heavy atom. The van der Waals surface area contributed by atoms with Crippen LogP contribution in [-0.4, -0.2) is 40.5 Å². The highest BCUT2D eigenvalue weighted by atomic mass is 32.2. The van der Waals surface area contributed by atoms with Crippen molar-refractivity contribution in [2.45, 2.75) is 38.6 Å². The summed E-state index contributed by atoms with van der Waals surface area (Å²) in [5.74, 6) is 2.90. The molecule has 258 valence electrons. The van der Waals surface area contributed by atoms with E-state index in [-0.39, 0.29) is 37.4 Å². The zero-order valence-corrected chi connectivity index (χ0v) is 28.7. The average Bonchev–Trinajstić information content (AvgIpc) is 3.16. The smallest absolute Gasteiger partial charge is 0.319 e. The van der Waals surface area contributed by atoms with Crippen LogP contribution in [0.3, 0.4) is 0 Å². The number of anilines is 1. The molecule has 1 aliphatic rings. The summed E-state index contributed by atoms with van der Waals surface area (Å²) in [6.07, 6.45) is -0.871. The number of benzene rings is 5. The number of thioether (sulfide) groups is 1. The van der Waals surface area contributed by atoms with E-state index in [1.807, 2.05) is 97.1 Å². The highest BCUT2D eigenvalue weighted by Gasteiger charge is 2.38. The Kier molecular flexibility index (Phi) is 12.2. The molecular formula is C41H42N2O6S. The highest BCUT2D eigenvalue weighted by Crippen LogP contribution is 2.43. The number of rotatable bonds is 13. The van der Waals surface area contributed by atoms with Gasteiger partial charge in [-0.1, -0.05) is 85.8 Å². The Labute approximate surface area is 297 Å². The largest absolute Gasteiger partial charge is 0.457 e. The standard InChI is InChI=1S/C41H42N2O6S/c1-28-38(27-50-22-21-44)48-40(49-39(28)31-15-13-29(26-45)14-16-31)34-10-6-9-33(24-34)32-8-5-7-30(23-32)25-42-41(46)43-35-17-19-37(20-18-35)47-36-11-3-2-4-12-36/h2-20,23-24,28,38-40,44-45H,21-22,25-27H2,1H3,(H2,42,43,46). The third-order valence-corrected chi connectivity index (χ3v) is 9.64. The molecule has 0 saturated carbocycles. The first-order valence-corrected chi connectivity index (χ1v) is 17.9. The van der Waals surface area contributed by atoms with Gasteiger partial charge in [0, 0.05) is 35.2 Å². The summed E-state index contributed by atoms with van der Waals surface area (Å²) < 4.78 is 19.0. The maximum atomic E-state index is 12.7. The molecule has 5 aromatic rings. The molecule has 50 heavy (non-hydrogen) atoms. The predicted octanol–water partition coefficient (Wildman–Crippen LogP) is 8.48. The number of urea groups is 1. The van der Waals surface area contributed by atoms with Gasteiger partial charge in [0.1, 0.15) is 11.5 Å². The molecule has 8 nitrogen and oxygen atoms in total. The van der Waals surface area contributed by atoms with Crippen LogP contribution in [0.5, 0.6) is 11.5 Å². The van der Waals surface area contributed by atoms with Gasteiger partial charge < -0.3 is 35.1 Å². The lowest BCUT2D eigenvalue weighted by Crippen LogP contribution is -2.38. The molecule has 0 bridgehead atoms. The molecule has 0 spiro atoms. The number of hydrogen-bond acceptors (Lipinski definition) is 7. The van der Waals surface area contributed by atoms with E-state index in [1.165, 1.54) is 0 Å². The van der Waals surface area contributed by atoms with Crippen molar-refractivity contribution in [3.05, 3.63) is 150 Å². The molecule has 4 atom stereocenters. The van der Waals surface area contributed by atoms with Crippen molar-refractivity contribution in [2.75, 3.05) is 23.4 Å². The molecule has 0 aliphatic carbocycles. The normalized spacial score (nSPS) is 18.7. The Bertz CT molecular complexity index is 1820. The zero-order chi connectivity index (χ0) is 34.7. The Morgan fingerprint density at radius 2 is 1.48 bits per heavy atom. The van der Waals surface area contributed by atoms with Crippen LogP contribution in [0.4, 0.5) is 10.5 Å². The molecule has 0 aromatic heterocycles. The number of amides is 2. The van der Waals surface area contributed by atoms with Crippen molar-refractivity contribution in [3.63, 3.8) is 0 Å². The highest BCUT2D eigenvalue weighted by molar-refractivity contribution is 7.99. The van der Waals surface area contributed by atoms with Gasteiger partial charge in [-0.3, -0.25) is 0 Å². The predicted molar refractivity (Wildman–Crippen MR) is 198 cm³/mol. The van der Waals surface area contributed by atoms with E-state index in [0.29, 0.717) is 23.7 Å². The van der Waals surface area contributed by atoms with E-state index in [0.717, 1.165) is 44.9 Å². The van der Waals surface area contributed by atoms with E-state index in [2.05, 4.69) is 35.8 Å². The van der Waals surface area contributed by atoms with Gasteiger partial charge in [-0.05, 0) is 76.3 Å². The molecule has 1 fully saturated rings. The third-order valence-electron chi connectivity index (χ3n) is 8.60. The lowest BCUT2D eigenvalue weighted by Gasteiger charge is -2.41. The minimum atomic E-state index is -0.582. The van der Waals surface area contributed by atoms with Crippen molar-refractivity contribution in [1.82, 2.24) is 5.32 Å². The summed E-state index contributed by atoms with van der Waals surface area (Å²) in [7, 11) is 0. The van der Waals surface area contributed by atoms with E-state index in [4.69, 9.17) is 14.2 Å². The molecular weight excluding hydrogens is 649 g/mol. The maximum Gasteiger partial charge on any atom is 0.319 e. The molecule has 6 rings (SSSR count). The van der Waals surface area contributed by atoms with Crippen LogP contribution in [0, 0.1) is 5.92 Å². The summed E-state index contributed by atoms with van der Waals surface area (Å²) >= 11 is 1.67. The first-order chi connectivity index (χ1) is 24.5. The lowest BCUT2D eigenvalue weighted by molar-refractivity contribution is -0.268. The number of aliphatic hydroxyl groups is 2. The van der Waals surface area contributed by atoms with Gasteiger partial charge in [0.05, 0.1) is 25.4 Å². The number of aliphatic hydroxyl groups excluding tert-OH is 2. The number of nitrogens with one attached hydrogen (secondary N) is 2. The van der Waals surface area contributed by atoms with Crippen molar-refractivity contribution >= 4 is 23.5 Å². The summed E-state index contributed by atoms with van der Waals surface area (Å²) in [6, 6.07) is 40.6. The number of ether oxygens (including phenoxy) is 3. The average molecular weight is 691 g/mol. The van der Waals surface area contributed by atoms with Gasteiger partial charge in [-0.25, -0.2) is 4.79 Å². The van der Waals surface area contributed by atoms with Crippen molar-refractivity contribution in [3.8, 4) is 22.6 Å². The van der Waals surface area contributed by atoms with Crippen LogP contribution in [-0.2, 0) is 22.6 Å². The summed E-state index contributed by atoms with van der Waals surface area (Å²) in [4.78, 5) is 12.7. The summed E-state index contributed by atoms with van der Waals surface area (Å²) in [5.41, 5.74) is 6.44. The van der Waals surface area contributed by atoms with Gasteiger partial charge in [-0.15, -0.1) is 0 Å². The molecule has 1 aliphatic heterocycles. The molecule has 0 radical (unpaired) electrons. The van der Waals surface area contributed by atoms with Crippen LogP contribution >= 0.6 is 11.8 Å².